The summed E-state index contributed by atoms with van der Waals surface area (Å²) in [7, 11) is 0. The second-order valence-electron chi connectivity index (χ2n) is 6.09. The van der Waals surface area contributed by atoms with Gasteiger partial charge in [0.25, 0.3) is 0 Å². The molecule has 0 aliphatic carbocycles. The molecule has 3 aromatic carbocycles. The van der Waals surface area contributed by atoms with Crippen molar-refractivity contribution in [1.29, 1.82) is 0 Å². The van der Waals surface area contributed by atoms with Gasteiger partial charge in [0.05, 0.1) is 6.54 Å². The van der Waals surface area contributed by atoms with E-state index in [0.29, 0.717) is 13.1 Å². The van der Waals surface area contributed by atoms with Gasteiger partial charge in [-0.1, -0.05) is 60.7 Å². The third kappa shape index (κ3) is 4.95. The zero-order valence-corrected chi connectivity index (χ0v) is 14.4. The number of carbonyl (C=O) groups is 1. The van der Waals surface area contributed by atoms with Crippen molar-refractivity contribution in [2.24, 2.45) is 0 Å². The fraction of sp³-hybridized carbons (Fsp3) is 0.136. The number of hydrogen-bond acceptors (Lipinski definition) is 2. The lowest BCUT2D eigenvalue weighted by atomic mass is 10.2. The van der Waals surface area contributed by atoms with Crippen LogP contribution in [0.1, 0.15) is 11.1 Å². The van der Waals surface area contributed by atoms with Gasteiger partial charge in [-0.15, -0.1) is 0 Å². The minimum absolute atomic E-state index is 0.0228. The Morgan fingerprint density at radius 3 is 2.24 bits per heavy atom. The second kappa shape index (κ2) is 8.15. The topological polar surface area (TPSA) is 32.3 Å². The summed E-state index contributed by atoms with van der Waals surface area (Å²) < 4.78 is 0. The van der Waals surface area contributed by atoms with Crippen molar-refractivity contribution in [2.45, 2.75) is 13.5 Å². The fourth-order valence-electron chi connectivity index (χ4n) is 2.78. The molecular formula is C22H22N2O. The molecule has 0 fully saturated rings. The van der Waals surface area contributed by atoms with Gasteiger partial charge < -0.3 is 10.2 Å². The van der Waals surface area contributed by atoms with Crippen molar-refractivity contribution >= 4 is 17.3 Å². The van der Waals surface area contributed by atoms with E-state index >= 15 is 0 Å². The monoisotopic (exact) mass is 330 g/mol. The summed E-state index contributed by atoms with van der Waals surface area (Å²) in [6, 6.07) is 28.1. The molecule has 0 saturated heterocycles. The second-order valence-corrected chi connectivity index (χ2v) is 6.09. The maximum atomic E-state index is 12.5. The summed E-state index contributed by atoms with van der Waals surface area (Å²) in [5.74, 6) is -0.0228. The third-order valence-electron chi connectivity index (χ3n) is 3.97. The predicted molar refractivity (Wildman–Crippen MR) is 104 cm³/mol. The van der Waals surface area contributed by atoms with E-state index < -0.39 is 0 Å². The lowest BCUT2D eigenvalue weighted by molar-refractivity contribution is -0.115. The van der Waals surface area contributed by atoms with Crippen LogP contribution in [0.5, 0.6) is 0 Å². The van der Waals surface area contributed by atoms with E-state index in [2.05, 4.69) is 22.3 Å². The Hall–Kier alpha value is -3.07. The molecule has 3 aromatic rings. The number of amides is 1. The Morgan fingerprint density at radius 1 is 0.880 bits per heavy atom. The van der Waals surface area contributed by atoms with Crippen LogP contribution in [0.4, 0.5) is 11.4 Å². The van der Waals surface area contributed by atoms with Crippen LogP contribution in [-0.4, -0.2) is 12.5 Å². The van der Waals surface area contributed by atoms with Crippen LogP contribution in [0.3, 0.4) is 0 Å². The van der Waals surface area contributed by atoms with Crippen molar-refractivity contribution in [3.05, 3.63) is 96.1 Å². The largest absolute Gasteiger partial charge is 0.358 e. The number of nitrogens with one attached hydrogen (secondary N) is 1. The molecule has 0 bridgehead atoms. The highest BCUT2D eigenvalue weighted by Crippen LogP contribution is 2.17. The molecular weight excluding hydrogens is 308 g/mol. The van der Waals surface area contributed by atoms with E-state index in [0.717, 1.165) is 16.9 Å². The van der Waals surface area contributed by atoms with Crippen LogP contribution in [0.2, 0.25) is 0 Å². The molecule has 0 atom stereocenters. The van der Waals surface area contributed by atoms with Crippen LogP contribution >= 0.6 is 0 Å². The lowest BCUT2D eigenvalue weighted by Gasteiger charge is -2.24. The van der Waals surface area contributed by atoms with E-state index in [4.69, 9.17) is 0 Å². The molecule has 3 rings (SSSR count). The Bertz CT molecular complexity index is 816. The Labute approximate surface area is 148 Å². The average Bonchev–Trinajstić information content (AvgIpc) is 2.63. The van der Waals surface area contributed by atoms with Crippen LogP contribution in [-0.2, 0) is 11.3 Å². The Balaban J connectivity index is 1.74. The highest BCUT2D eigenvalue weighted by Gasteiger charge is 2.12. The molecule has 1 N–H and O–H groups in total. The van der Waals surface area contributed by atoms with Crippen molar-refractivity contribution in [1.82, 2.24) is 0 Å². The quantitative estimate of drug-likeness (QED) is 0.714. The van der Waals surface area contributed by atoms with Crippen LogP contribution in [0.25, 0.3) is 0 Å². The van der Waals surface area contributed by atoms with Crippen molar-refractivity contribution in [2.75, 3.05) is 16.8 Å². The summed E-state index contributed by atoms with van der Waals surface area (Å²) in [5, 5.41) is 2.99. The molecule has 3 heteroatoms. The summed E-state index contributed by atoms with van der Waals surface area (Å²) in [6.07, 6.45) is 0. The Morgan fingerprint density at radius 2 is 1.56 bits per heavy atom. The van der Waals surface area contributed by atoms with Crippen molar-refractivity contribution in [3.8, 4) is 0 Å². The van der Waals surface area contributed by atoms with Gasteiger partial charge in [-0.2, -0.15) is 0 Å². The molecule has 0 aliphatic rings. The highest BCUT2D eigenvalue weighted by atomic mass is 16.2. The number of anilines is 2. The molecule has 0 unspecified atom stereocenters. The van der Waals surface area contributed by atoms with E-state index in [9.17, 15) is 4.79 Å². The molecule has 126 valence electrons. The minimum atomic E-state index is -0.0228. The van der Waals surface area contributed by atoms with E-state index in [1.165, 1.54) is 5.56 Å². The molecule has 0 heterocycles. The van der Waals surface area contributed by atoms with Gasteiger partial charge in [-0.05, 0) is 42.3 Å². The number of hydrogen-bond donors (Lipinski definition) is 1. The van der Waals surface area contributed by atoms with Gasteiger partial charge in [-0.3, -0.25) is 4.79 Å². The zero-order chi connectivity index (χ0) is 17.5. The van der Waals surface area contributed by atoms with E-state index in [-0.39, 0.29) is 5.91 Å². The molecule has 1 amide bonds. The summed E-state index contributed by atoms with van der Waals surface area (Å²) >= 11 is 0. The number of benzene rings is 3. The van der Waals surface area contributed by atoms with Crippen molar-refractivity contribution in [3.63, 3.8) is 0 Å². The Kier molecular flexibility index (Phi) is 5.47. The van der Waals surface area contributed by atoms with Crippen molar-refractivity contribution < 1.29 is 4.79 Å². The third-order valence-corrected chi connectivity index (χ3v) is 3.97. The molecule has 0 radical (unpaired) electrons. The standard InChI is InChI=1S/C22H22N2O/c1-18-9-8-12-20(15-18)23-22(25)17-24(21-13-6-3-7-14-21)16-19-10-4-2-5-11-19/h2-15H,16-17H2,1H3,(H,23,25). The first-order chi connectivity index (χ1) is 12.2. The summed E-state index contributed by atoms with van der Waals surface area (Å²) in [6.45, 7) is 3.00. The molecule has 3 nitrogen and oxygen atoms in total. The van der Waals surface area contributed by atoms with E-state index in [1.54, 1.807) is 0 Å². The van der Waals surface area contributed by atoms with Gasteiger partial charge in [0.1, 0.15) is 0 Å². The highest BCUT2D eigenvalue weighted by molar-refractivity contribution is 5.94. The molecule has 0 aromatic heterocycles. The SMILES string of the molecule is Cc1cccc(NC(=O)CN(Cc2ccccc2)c2ccccc2)c1. The molecule has 0 aliphatic heterocycles. The number of aryl methyl sites for hydroxylation is 1. The fourth-order valence-corrected chi connectivity index (χ4v) is 2.78. The lowest BCUT2D eigenvalue weighted by Crippen LogP contribution is -2.32. The predicted octanol–water partition coefficient (Wildman–Crippen LogP) is 4.64. The zero-order valence-electron chi connectivity index (χ0n) is 14.4. The maximum absolute atomic E-state index is 12.5. The van der Waals surface area contributed by atoms with Gasteiger partial charge in [-0.25, -0.2) is 0 Å². The number of rotatable bonds is 6. The smallest absolute Gasteiger partial charge is 0.243 e. The van der Waals surface area contributed by atoms with Crippen LogP contribution in [0, 0.1) is 6.92 Å². The molecule has 0 saturated carbocycles. The normalized spacial score (nSPS) is 10.3. The van der Waals surface area contributed by atoms with Gasteiger partial charge in [0.2, 0.25) is 5.91 Å². The van der Waals surface area contributed by atoms with Crippen LogP contribution < -0.4 is 10.2 Å². The maximum Gasteiger partial charge on any atom is 0.243 e. The first kappa shape index (κ1) is 16.8. The average molecular weight is 330 g/mol. The van der Waals surface area contributed by atoms with Gasteiger partial charge in [0.15, 0.2) is 0 Å². The first-order valence-electron chi connectivity index (χ1n) is 8.41. The first-order valence-corrected chi connectivity index (χ1v) is 8.41. The van der Waals surface area contributed by atoms with Gasteiger partial charge >= 0.3 is 0 Å². The number of nitrogens with zero attached hydrogens (tertiary/aromatic N) is 1. The summed E-state index contributed by atoms with van der Waals surface area (Å²) in [4.78, 5) is 14.6. The number of carbonyl (C=O) groups excluding carboxylic acids is 1. The van der Waals surface area contributed by atoms with E-state index in [1.807, 2.05) is 79.7 Å². The number of para-hydroxylation sites is 1. The molecule has 0 spiro atoms. The van der Waals surface area contributed by atoms with Crippen LogP contribution in [0.15, 0.2) is 84.9 Å². The summed E-state index contributed by atoms with van der Waals surface area (Å²) in [5.41, 5.74) is 4.17. The molecule has 25 heavy (non-hydrogen) atoms. The van der Waals surface area contributed by atoms with Gasteiger partial charge in [0, 0.05) is 17.9 Å². The minimum Gasteiger partial charge on any atom is -0.358 e.